The van der Waals surface area contributed by atoms with Crippen LogP contribution < -0.4 is 10.2 Å². The van der Waals surface area contributed by atoms with Crippen LogP contribution in [0.2, 0.25) is 5.02 Å². The molecule has 0 spiro atoms. The Labute approximate surface area is 98.2 Å². The third-order valence-corrected chi connectivity index (χ3v) is 2.98. The van der Waals surface area contributed by atoms with E-state index < -0.39 is 0 Å². The molecule has 0 atom stereocenters. The molecule has 1 heterocycles. The molecular weight excluding hydrogens is 228 g/mol. The lowest BCUT2D eigenvalue weighted by Crippen LogP contribution is -2.51. The first-order chi connectivity index (χ1) is 7.59. The fraction of sp³-hybridized carbons (Fsp3) is 0.273. The van der Waals surface area contributed by atoms with Gasteiger partial charge in [-0.15, -0.1) is 0 Å². The zero-order chi connectivity index (χ0) is 11.7. The lowest BCUT2D eigenvalue weighted by molar-refractivity contribution is -0.128. The van der Waals surface area contributed by atoms with E-state index in [1.807, 2.05) is 6.92 Å². The highest BCUT2D eigenvalue weighted by molar-refractivity contribution is 6.31. The van der Waals surface area contributed by atoms with Crippen molar-refractivity contribution in [2.45, 2.75) is 6.92 Å². The van der Waals surface area contributed by atoms with Crippen molar-refractivity contribution in [3.63, 3.8) is 0 Å². The molecule has 4 nitrogen and oxygen atoms in total. The first-order valence-corrected chi connectivity index (χ1v) is 5.29. The van der Waals surface area contributed by atoms with E-state index in [1.54, 1.807) is 18.2 Å². The van der Waals surface area contributed by atoms with E-state index in [0.29, 0.717) is 10.7 Å². The van der Waals surface area contributed by atoms with Crippen molar-refractivity contribution in [1.82, 2.24) is 5.32 Å². The molecular formula is C11H11ClN2O2. The van der Waals surface area contributed by atoms with Crippen molar-refractivity contribution in [2.75, 3.05) is 18.0 Å². The molecule has 0 saturated carbocycles. The molecule has 1 N–H and O–H groups in total. The van der Waals surface area contributed by atoms with Crippen LogP contribution in [0, 0.1) is 6.92 Å². The normalized spacial score (nSPS) is 16.2. The largest absolute Gasteiger partial charge is 0.345 e. The number of benzene rings is 1. The standard InChI is InChI=1S/C11H11ClN2O2/c1-7-8(12)3-2-4-9(7)14-6-10(15)13-5-11(14)16/h2-4H,5-6H2,1H3,(H,13,15). The molecule has 1 saturated heterocycles. The van der Waals surface area contributed by atoms with Gasteiger partial charge in [0, 0.05) is 10.7 Å². The van der Waals surface area contributed by atoms with Gasteiger partial charge in [0.1, 0.15) is 6.54 Å². The molecule has 1 aliphatic rings. The molecule has 5 heteroatoms. The van der Waals surface area contributed by atoms with Crippen molar-refractivity contribution in [1.29, 1.82) is 0 Å². The quantitative estimate of drug-likeness (QED) is 0.797. The van der Waals surface area contributed by atoms with Gasteiger partial charge in [0.25, 0.3) is 0 Å². The summed E-state index contributed by atoms with van der Waals surface area (Å²) in [6.07, 6.45) is 0. The molecule has 0 aliphatic carbocycles. The molecule has 0 unspecified atom stereocenters. The number of carbonyl (C=O) groups is 2. The van der Waals surface area contributed by atoms with Gasteiger partial charge in [-0.05, 0) is 24.6 Å². The smallest absolute Gasteiger partial charge is 0.246 e. The summed E-state index contributed by atoms with van der Waals surface area (Å²) in [4.78, 5) is 24.4. The van der Waals surface area contributed by atoms with Crippen molar-refractivity contribution in [3.05, 3.63) is 28.8 Å². The molecule has 84 valence electrons. The van der Waals surface area contributed by atoms with E-state index in [4.69, 9.17) is 11.6 Å². The highest BCUT2D eigenvalue weighted by Crippen LogP contribution is 2.26. The summed E-state index contributed by atoms with van der Waals surface area (Å²) in [6.45, 7) is 1.93. The summed E-state index contributed by atoms with van der Waals surface area (Å²) in [5.41, 5.74) is 1.51. The second-order valence-corrected chi connectivity index (χ2v) is 4.05. The number of piperazine rings is 1. The van der Waals surface area contributed by atoms with Crippen LogP contribution in [0.3, 0.4) is 0 Å². The van der Waals surface area contributed by atoms with Gasteiger partial charge in [-0.25, -0.2) is 0 Å². The van der Waals surface area contributed by atoms with Gasteiger partial charge < -0.3 is 10.2 Å². The fourth-order valence-corrected chi connectivity index (χ4v) is 1.83. The van der Waals surface area contributed by atoms with Crippen LogP contribution >= 0.6 is 11.6 Å². The number of hydrogen-bond acceptors (Lipinski definition) is 2. The average Bonchev–Trinajstić information content (AvgIpc) is 2.26. The fourth-order valence-electron chi connectivity index (χ4n) is 1.67. The highest BCUT2D eigenvalue weighted by atomic mass is 35.5. The van der Waals surface area contributed by atoms with E-state index in [1.165, 1.54) is 4.90 Å². The van der Waals surface area contributed by atoms with Crippen LogP contribution in [0.1, 0.15) is 5.56 Å². The Morgan fingerprint density at radius 3 is 2.88 bits per heavy atom. The van der Waals surface area contributed by atoms with E-state index in [2.05, 4.69) is 5.32 Å². The topological polar surface area (TPSA) is 49.4 Å². The molecule has 16 heavy (non-hydrogen) atoms. The average molecular weight is 239 g/mol. The second-order valence-electron chi connectivity index (χ2n) is 3.64. The Morgan fingerprint density at radius 1 is 1.38 bits per heavy atom. The lowest BCUT2D eigenvalue weighted by Gasteiger charge is -2.28. The zero-order valence-electron chi connectivity index (χ0n) is 8.79. The first-order valence-electron chi connectivity index (χ1n) is 4.92. The summed E-state index contributed by atoms with van der Waals surface area (Å²) in [7, 11) is 0. The van der Waals surface area contributed by atoms with Gasteiger partial charge in [0.15, 0.2) is 0 Å². The predicted octanol–water partition coefficient (Wildman–Crippen LogP) is 1.11. The summed E-state index contributed by atoms with van der Waals surface area (Å²) in [5.74, 6) is -0.274. The third kappa shape index (κ3) is 1.88. The minimum absolute atomic E-state index is 0.0464. The molecule has 0 bridgehead atoms. The Balaban J connectivity index is 2.39. The Bertz CT molecular complexity index is 459. The molecule has 1 aliphatic heterocycles. The maximum atomic E-state index is 11.7. The molecule has 1 aromatic rings. The van der Waals surface area contributed by atoms with Crippen LogP contribution in [-0.2, 0) is 9.59 Å². The number of carbonyl (C=O) groups excluding carboxylic acids is 2. The van der Waals surface area contributed by atoms with Crippen LogP contribution in [-0.4, -0.2) is 24.9 Å². The molecule has 0 aromatic heterocycles. The first kappa shape index (κ1) is 11.0. The maximum absolute atomic E-state index is 11.7. The predicted molar refractivity (Wildman–Crippen MR) is 61.6 cm³/mol. The van der Waals surface area contributed by atoms with Crippen molar-refractivity contribution < 1.29 is 9.59 Å². The van der Waals surface area contributed by atoms with Gasteiger partial charge in [-0.3, -0.25) is 9.59 Å². The molecule has 1 aromatic carbocycles. The SMILES string of the molecule is Cc1c(Cl)cccc1N1CC(=O)NCC1=O. The van der Waals surface area contributed by atoms with E-state index in [0.717, 1.165) is 5.56 Å². The van der Waals surface area contributed by atoms with Crippen molar-refractivity contribution >= 4 is 29.1 Å². The highest BCUT2D eigenvalue weighted by Gasteiger charge is 2.25. The van der Waals surface area contributed by atoms with Gasteiger partial charge >= 0.3 is 0 Å². The van der Waals surface area contributed by atoms with E-state index in [-0.39, 0.29) is 24.9 Å². The van der Waals surface area contributed by atoms with Crippen molar-refractivity contribution in [2.24, 2.45) is 0 Å². The number of nitrogens with zero attached hydrogens (tertiary/aromatic N) is 1. The molecule has 2 rings (SSSR count). The van der Waals surface area contributed by atoms with Crippen LogP contribution in [0.15, 0.2) is 18.2 Å². The van der Waals surface area contributed by atoms with Crippen LogP contribution in [0.5, 0.6) is 0 Å². The van der Waals surface area contributed by atoms with Gasteiger partial charge in [-0.1, -0.05) is 17.7 Å². The van der Waals surface area contributed by atoms with Gasteiger partial charge in [-0.2, -0.15) is 0 Å². The maximum Gasteiger partial charge on any atom is 0.246 e. The number of halogens is 1. The van der Waals surface area contributed by atoms with E-state index in [9.17, 15) is 9.59 Å². The van der Waals surface area contributed by atoms with Gasteiger partial charge in [0.2, 0.25) is 11.8 Å². The number of anilines is 1. The Hall–Kier alpha value is -1.55. The third-order valence-electron chi connectivity index (χ3n) is 2.57. The number of hydrogen-bond donors (Lipinski definition) is 1. The Morgan fingerprint density at radius 2 is 2.12 bits per heavy atom. The number of rotatable bonds is 1. The number of amides is 2. The molecule has 2 amide bonds. The van der Waals surface area contributed by atoms with Gasteiger partial charge in [0.05, 0.1) is 6.54 Å². The lowest BCUT2D eigenvalue weighted by atomic mass is 10.1. The Kier molecular flexibility index (Phi) is 2.83. The summed E-state index contributed by atoms with van der Waals surface area (Å²) < 4.78 is 0. The minimum Gasteiger partial charge on any atom is -0.345 e. The number of nitrogens with one attached hydrogen (secondary N) is 1. The summed E-state index contributed by atoms with van der Waals surface area (Å²) >= 11 is 5.98. The summed E-state index contributed by atoms with van der Waals surface area (Å²) in [5, 5.41) is 3.10. The van der Waals surface area contributed by atoms with E-state index >= 15 is 0 Å². The molecule has 1 fully saturated rings. The second kappa shape index (κ2) is 4.14. The van der Waals surface area contributed by atoms with Crippen molar-refractivity contribution in [3.8, 4) is 0 Å². The zero-order valence-corrected chi connectivity index (χ0v) is 9.54. The molecule has 0 radical (unpaired) electrons. The summed E-state index contributed by atoms with van der Waals surface area (Å²) in [6, 6.07) is 5.32. The van der Waals surface area contributed by atoms with Crippen LogP contribution in [0.25, 0.3) is 0 Å². The minimum atomic E-state index is -0.154. The monoisotopic (exact) mass is 238 g/mol. The van der Waals surface area contributed by atoms with Crippen LogP contribution in [0.4, 0.5) is 5.69 Å².